The molecule has 0 fully saturated rings. The predicted molar refractivity (Wildman–Crippen MR) is 114 cm³/mol. The van der Waals surface area contributed by atoms with Crippen molar-refractivity contribution in [2.24, 2.45) is 0 Å². The fraction of sp³-hybridized carbons (Fsp3) is 0.250. The quantitative estimate of drug-likeness (QED) is 0.545. The molecule has 1 atom stereocenters. The first-order valence-electron chi connectivity index (χ1n) is 10.2. The first-order valence-corrected chi connectivity index (χ1v) is 10.5. The van der Waals surface area contributed by atoms with Crippen molar-refractivity contribution in [3.05, 3.63) is 99.3 Å². The Balaban J connectivity index is 1.42. The molecule has 2 aliphatic heterocycles. The Morgan fingerprint density at radius 1 is 0.968 bits per heavy atom. The molecule has 0 radical (unpaired) electrons. The Morgan fingerprint density at radius 3 is 2.32 bits per heavy atom. The third-order valence-electron chi connectivity index (χ3n) is 6.00. The normalized spacial score (nSPS) is 16.5. The van der Waals surface area contributed by atoms with E-state index in [-0.39, 0.29) is 11.9 Å². The number of nitrogens with zero attached hydrogens (tertiary/aromatic N) is 3. The van der Waals surface area contributed by atoms with Crippen molar-refractivity contribution in [1.29, 1.82) is 0 Å². The van der Waals surface area contributed by atoms with E-state index in [0.29, 0.717) is 35.8 Å². The molecule has 0 N–H and O–H groups in total. The average molecular weight is 440 g/mol. The predicted octanol–water partition coefficient (Wildman–Crippen LogP) is 4.60. The second kappa shape index (κ2) is 8.02. The Hall–Kier alpha value is -2.83. The molecule has 0 aliphatic carbocycles. The minimum absolute atomic E-state index is 0.127. The van der Waals surface area contributed by atoms with Crippen LogP contribution in [-0.4, -0.2) is 33.3 Å². The van der Waals surface area contributed by atoms with Gasteiger partial charge in [0.15, 0.2) is 0 Å². The highest BCUT2D eigenvalue weighted by molar-refractivity contribution is 6.29. The molecule has 0 unspecified atom stereocenters. The van der Waals surface area contributed by atoms with Crippen molar-refractivity contribution in [2.45, 2.75) is 32.1 Å². The van der Waals surface area contributed by atoms with E-state index in [1.165, 1.54) is 29.5 Å². The minimum Gasteiger partial charge on any atom is -0.330 e. The lowest BCUT2D eigenvalue weighted by atomic mass is 10.0. The fourth-order valence-corrected chi connectivity index (χ4v) is 4.78. The largest absolute Gasteiger partial charge is 0.330 e. The first-order chi connectivity index (χ1) is 15.0. The molecule has 3 aromatic rings. The molecule has 7 heteroatoms. The lowest BCUT2D eigenvalue weighted by molar-refractivity contribution is 0.0647. The Morgan fingerprint density at radius 2 is 1.65 bits per heavy atom. The minimum atomic E-state index is -0.616. The zero-order valence-corrected chi connectivity index (χ0v) is 17.4. The zero-order chi connectivity index (χ0) is 21.5. The number of halogens is 3. The molecule has 1 aromatic heterocycles. The van der Waals surface area contributed by atoms with Crippen molar-refractivity contribution < 1.29 is 13.6 Å². The lowest BCUT2D eigenvalue weighted by Gasteiger charge is -2.31. The molecule has 4 nitrogen and oxygen atoms in total. The van der Waals surface area contributed by atoms with E-state index in [2.05, 4.69) is 22.0 Å². The molecular formula is C24H20ClF2N3O. The number of aromatic nitrogens is 1. The monoisotopic (exact) mass is 439 g/mol. The van der Waals surface area contributed by atoms with Crippen LogP contribution < -0.4 is 0 Å². The van der Waals surface area contributed by atoms with Gasteiger partial charge in [-0.05, 0) is 46.9 Å². The SMILES string of the molecule is O=C1c2cnc(Cl)cc2CN1[C@@H](Cc1cc(F)cc(F)c1)CN1Cc2ccccc2C1. The van der Waals surface area contributed by atoms with Gasteiger partial charge >= 0.3 is 0 Å². The van der Waals surface area contributed by atoms with Crippen molar-refractivity contribution in [3.63, 3.8) is 0 Å². The average Bonchev–Trinajstić information content (AvgIpc) is 3.27. The summed E-state index contributed by atoms with van der Waals surface area (Å²) in [7, 11) is 0. The third-order valence-corrected chi connectivity index (χ3v) is 6.20. The van der Waals surface area contributed by atoms with Gasteiger partial charge in [0.1, 0.15) is 16.8 Å². The molecule has 1 amide bonds. The summed E-state index contributed by atoms with van der Waals surface area (Å²) in [6.07, 6.45) is 1.85. The van der Waals surface area contributed by atoms with Crippen LogP contribution in [0, 0.1) is 11.6 Å². The highest BCUT2D eigenvalue weighted by Gasteiger charge is 2.35. The van der Waals surface area contributed by atoms with E-state index < -0.39 is 11.6 Å². The van der Waals surface area contributed by atoms with Gasteiger partial charge in [-0.1, -0.05) is 35.9 Å². The highest BCUT2D eigenvalue weighted by Crippen LogP contribution is 2.29. The smallest absolute Gasteiger partial charge is 0.256 e. The van der Waals surface area contributed by atoms with Crippen LogP contribution in [0.5, 0.6) is 0 Å². The highest BCUT2D eigenvalue weighted by atomic mass is 35.5. The van der Waals surface area contributed by atoms with Crippen molar-refractivity contribution in [1.82, 2.24) is 14.8 Å². The Labute approximate surface area is 184 Å². The van der Waals surface area contributed by atoms with Crippen LogP contribution in [0.15, 0.2) is 54.7 Å². The molecule has 2 aliphatic rings. The number of rotatable bonds is 5. The summed E-state index contributed by atoms with van der Waals surface area (Å²) >= 11 is 6.02. The number of hydrogen-bond donors (Lipinski definition) is 0. The number of benzene rings is 2. The van der Waals surface area contributed by atoms with Crippen LogP contribution >= 0.6 is 11.6 Å². The van der Waals surface area contributed by atoms with E-state index >= 15 is 0 Å². The topological polar surface area (TPSA) is 36.4 Å². The van der Waals surface area contributed by atoms with Gasteiger partial charge in [-0.25, -0.2) is 13.8 Å². The summed E-state index contributed by atoms with van der Waals surface area (Å²) in [5, 5.41) is 0.340. The van der Waals surface area contributed by atoms with Crippen LogP contribution in [0.25, 0.3) is 0 Å². The fourth-order valence-electron chi connectivity index (χ4n) is 4.60. The van der Waals surface area contributed by atoms with E-state index in [1.54, 1.807) is 11.0 Å². The van der Waals surface area contributed by atoms with Gasteiger partial charge < -0.3 is 4.90 Å². The van der Waals surface area contributed by atoms with Crippen LogP contribution in [0.3, 0.4) is 0 Å². The van der Waals surface area contributed by atoms with Gasteiger partial charge in [-0.3, -0.25) is 9.69 Å². The molecule has 158 valence electrons. The number of hydrogen-bond acceptors (Lipinski definition) is 3. The van der Waals surface area contributed by atoms with Crippen LogP contribution in [0.2, 0.25) is 5.15 Å². The summed E-state index contributed by atoms with van der Waals surface area (Å²) in [4.78, 5) is 21.2. The Bertz CT molecular complexity index is 1120. The van der Waals surface area contributed by atoms with Crippen molar-refractivity contribution >= 4 is 17.5 Å². The van der Waals surface area contributed by atoms with Gasteiger partial charge in [-0.15, -0.1) is 0 Å². The van der Waals surface area contributed by atoms with Gasteiger partial charge in [0.2, 0.25) is 0 Å². The molecule has 0 saturated carbocycles. The van der Waals surface area contributed by atoms with Crippen LogP contribution in [0.4, 0.5) is 8.78 Å². The molecule has 31 heavy (non-hydrogen) atoms. The van der Waals surface area contributed by atoms with E-state index in [0.717, 1.165) is 24.7 Å². The van der Waals surface area contributed by atoms with Gasteiger partial charge in [0.25, 0.3) is 5.91 Å². The Kier molecular flexibility index (Phi) is 5.20. The third kappa shape index (κ3) is 4.05. The molecule has 2 aromatic carbocycles. The number of carbonyl (C=O) groups excluding carboxylic acids is 1. The van der Waals surface area contributed by atoms with Crippen molar-refractivity contribution in [2.75, 3.05) is 6.54 Å². The molecule has 0 saturated heterocycles. The number of amides is 1. The maximum absolute atomic E-state index is 13.8. The molecule has 0 bridgehead atoms. The maximum atomic E-state index is 13.8. The zero-order valence-electron chi connectivity index (χ0n) is 16.7. The molecule has 5 rings (SSSR count). The van der Waals surface area contributed by atoms with Crippen LogP contribution in [0.1, 0.15) is 32.6 Å². The summed E-state index contributed by atoms with van der Waals surface area (Å²) in [6, 6.07) is 13.2. The summed E-state index contributed by atoms with van der Waals surface area (Å²) < 4.78 is 27.6. The first kappa shape index (κ1) is 20.1. The second-order valence-electron chi connectivity index (χ2n) is 8.17. The summed E-state index contributed by atoms with van der Waals surface area (Å²) in [5.74, 6) is -1.36. The standard InChI is InChI=1S/C24H20ClF2N3O/c25-23-8-18-13-30(24(31)22(18)10-28-23)21(7-15-5-19(26)9-20(27)6-15)14-29-11-16-3-1-2-4-17(16)12-29/h1-6,8-10,21H,7,11-14H2/t21-/m0/s1. The lowest BCUT2D eigenvalue weighted by Crippen LogP contribution is -2.44. The van der Waals surface area contributed by atoms with E-state index in [9.17, 15) is 13.6 Å². The second-order valence-corrected chi connectivity index (χ2v) is 8.56. The van der Waals surface area contributed by atoms with Gasteiger partial charge in [-0.2, -0.15) is 0 Å². The number of fused-ring (bicyclic) bond motifs is 2. The van der Waals surface area contributed by atoms with Gasteiger partial charge in [0, 0.05) is 44.5 Å². The molecular weight excluding hydrogens is 420 g/mol. The number of carbonyl (C=O) groups is 1. The van der Waals surface area contributed by atoms with E-state index in [4.69, 9.17) is 11.6 Å². The summed E-state index contributed by atoms with van der Waals surface area (Å²) in [5.41, 5.74) is 4.42. The molecule has 3 heterocycles. The van der Waals surface area contributed by atoms with E-state index in [1.807, 2.05) is 12.1 Å². The van der Waals surface area contributed by atoms with Crippen molar-refractivity contribution in [3.8, 4) is 0 Å². The van der Waals surface area contributed by atoms with Crippen LogP contribution in [-0.2, 0) is 26.1 Å². The van der Waals surface area contributed by atoms with Gasteiger partial charge in [0.05, 0.1) is 5.56 Å². The summed E-state index contributed by atoms with van der Waals surface area (Å²) in [6.45, 7) is 2.56. The maximum Gasteiger partial charge on any atom is 0.256 e. The molecule has 0 spiro atoms. The number of pyridine rings is 1.